The summed E-state index contributed by atoms with van der Waals surface area (Å²) in [6.45, 7) is 4.22. The average Bonchev–Trinajstić information content (AvgIpc) is 2.72. The molecule has 0 saturated heterocycles. The zero-order chi connectivity index (χ0) is 18.6. The highest BCUT2D eigenvalue weighted by molar-refractivity contribution is 5.92. The minimum atomic E-state index is -0.181. The zero-order valence-electron chi connectivity index (χ0n) is 15.4. The summed E-state index contributed by atoms with van der Waals surface area (Å²) in [7, 11) is 0. The fourth-order valence-corrected chi connectivity index (χ4v) is 3.41. The predicted molar refractivity (Wildman–Crippen MR) is 106 cm³/mol. The average molecular weight is 358 g/mol. The summed E-state index contributed by atoms with van der Waals surface area (Å²) in [5.41, 5.74) is 5.36. The van der Waals surface area contributed by atoms with Gasteiger partial charge in [-0.1, -0.05) is 48.5 Å². The van der Waals surface area contributed by atoms with Crippen molar-refractivity contribution in [3.63, 3.8) is 0 Å². The third-order valence-electron chi connectivity index (χ3n) is 5.04. The van der Waals surface area contributed by atoms with Crippen molar-refractivity contribution in [1.82, 2.24) is 15.3 Å². The summed E-state index contributed by atoms with van der Waals surface area (Å²) in [6.07, 6.45) is 2.45. The van der Waals surface area contributed by atoms with Crippen LogP contribution in [0, 0.1) is 6.92 Å². The lowest BCUT2D eigenvalue weighted by Gasteiger charge is -2.29. The van der Waals surface area contributed by atoms with Crippen molar-refractivity contribution >= 4 is 11.7 Å². The number of anilines is 1. The lowest BCUT2D eigenvalue weighted by molar-refractivity contribution is 0.0945. The normalized spacial score (nSPS) is 13.1. The van der Waals surface area contributed by atoms with Gasteiger partial charge in [0.05, 0.1) is 0 Å². The van der Waals surface area contributed by atoms with E-state index in [-0.39, 0.29) is 5.91 Å². The number of rotatable bonds is 4. The minimum absolute atomic E-state index is 0.181. The molecule has 2 heterocycles. The van der Waals surface area contributed by atoms with E-state index >= 15 is 0 Å². The molecule has 3 aromatic rings. The van der Waals surface area contributed by atoms with Gasteiger partial charge in [0.1, 0.15) is 17.8 Å². The Kier molecular flexibility index (Phi) is 4.83. The van der Waals surface area contributed by atoms with Crippen LogP contribution in [0.3, 0.4) is 0 Å². The summed E-state index contributed by atoms with van der Waals surface area (Å²) in [5, 5.41) is 2.95. The Hall–Kier alpha value is -3.21. The van der Waals surface area contributed by atoms with Gasteiger partial charge in [-0.3, -0.25) is 4.79 Å². The molecule has 27 heavy (non-hydrogen) atoms. The van der Waals surface area contributed by atoms with Crippen LogP contribution in [0.25, 0.3) is 0 Å². The molecule has 0 saturated carbocycles. The van der Waals surface area contributed by atoms with Gasteiger partial charge >= 0.3 is 0 Å². The lowest BCUT2D eigenvalue weighted by Crippen LogP contribution is -2.31. The van der Waals surface area contributed by atoms with Crippen LogP contribution < -0.4 is 10.2 Å². The molecule has 0 fully saturated rings. The molecule has 0 atom stereocenters. The molecule has 5 heteroatoms. The van der Waals surface area contributed by atoms with Crippen LogP contribution in [0.15, 0.2) is 60.9 Å². The van der Waals surface area contributed by atoms with Crippen LogP contribution in [0.2, 0.25) is 0 Å². The molecule has 1 aliphatic rings. The first-order valence-electron chi connectivity index (χ1n) is 9.17. The van der Waals surface area contributed by atoms with Gasteiger partial charge < -0.3 is 10.2 Å². The van der Waals surface area contributed by atoms with E-state index in [2.05, 4.69) is 44.5 Å². The first-order valence-corrected chi connectivity index (χ1v) is 9.17. The van der Waals surface area contributed by atoms with E-state index in [1.165, 1.54) is 17.5 Å². The highest BCUT2D eigenvalue weighted by Gasteiger charge is 2.18. The van der Waals surface area contributed by atoms with Gasteiger partial charge in [0.2, 0.25) is 0 Å². The van der Waals surface area contributed by atoms with E-state index in [9.17, 15) is 4.79 Å². The number of hydrogen-bond acceptors (Lipinski definition) is 4. The van der Waals surface area contributed by atoms with Gasteiger partial charge in [-0.25, -0.2) is 9.97 Å². The van der Waals surface area contributed by atoms with Crippen molar-refractivity contribution in [2.45, 2.75) is 26.4 Å². The van der Waals surface area contributed by atoms with E-state index < -0.39 is 0 Å². The molecular formula is C22H22N4O. The fraction of sp³-hybridized carbons (Fsp3) is 0.227. The van der Waals surface area contributed by atoms with Crippen molar-refractivity contribution in [2.75, 3.05) is 11.4 Å². The third-order valence-corrected chi connectivity index (χ3v) is 5.04. The second-order valence-corrected chi connectivity index (χ2v) is 6.81. The van der Waals surface area contributed by atoms with E-state index in [0.29, 0.717) is 12.2 Å². The Balaban J connectivity index is 1.46. The molecular weight excluding hydrogens is 336 g/mol. The molecule has 0 spiro atoms. The number of nitrogens with one attached hydrogen (secondary N) is 1. The molecule has 0 aliphatic carbocycles. The first kappa shape index (κ1) is 17.2. The number of benzene rings is 2. The highest BCUT2D eigenvalue weighted by atomic mass is 16.1. The van der Waals surface area contributed by atoms with Gasteiger partial charge in [0, 0.05) is 25.7 Å². The van der Waals surface area contributed by atoms with Gasteiger partial charge in [0.15, 0.2) is 0 Å². The summed E-state index contributed by atoms with van der Waals surface area (Å²) >= 11 is 0. The van der Waals surface area contributed by atoms with Crippen molar-refractivity contribution in [3.05, 3.63) is 88.9 Å². The van der Waals surface area contributed by atoms with Gasteiger partial charge in [-0.05, 0) is 35.6 Å². The molecule has 1 amide bonds. The van der Waals surface area contributed by atoms with Crippen molar-refractivity contribution in [1.29, 1.82) is 0 Å². The maximum Gasteiger partial charge on any atom is 0.270 e. The molecule has 0 radical (unpaired) electrons. The van der Waals surface area contributed by atoms with E-state index in [1.54, 1.807) is 6.07 Å². The topological polar surface area (TPSA) is 58.1 Å². The standard InChI is InChI=1S/C22H22N4O/c1-16-6-2-3-8-18(16)13-23-22(27)20-12-21(25-15-24-20)26-11-10-17-7-4-5-9-19(17)14-26/h2-9,12,15H,10-11,13-14H2,1H3,(H,23,27). The largest absolute Gasteiger partial charge is 0.352 e. The Bertz CT molecular complexity index is 970. The number of carbonyl (C=O) groups is 1. The molecule has 0 bridgehead atoms. The molecule has 2 aromatic carbocycles. The Labute approximate surface area is 159 Å². The molecule has 5 nitrogen and oxygen atoms in total. The molecule has 0 unspecified atom stereocenters. The smallest absolute Gasteiger partial charge is 0.270 e. The number of aromatic nitrogens is 2. The number of aryl methyl sites for hydroxylation is 1. The number of nitrogens with zero attached hydrogens (tertiary/aromatic N) is 3. The molecule has 1 aliphatic heterocycles. The van der Waals surface area contributed by atoms with Crippen LogP contribution in [0.1, 0.15) is 32.7 Å². The maximum atomic E-state index is 12.5. The van der Waals surface area contributed by atoms with Crippen LogP contribution in [0.4, 0.5) is 5.82 Å². The molecule has 1 aromatic heterocycles. The van der Waals surface area contributed by atoms with Crippen LogP contribution >= 0.6 is 0 Å². The molecule has 4 rings (SSSR count). The number of hydrogen-bond donors (Lipinski definition) is 1. The SMILES string of the molecule is Cc1ccccc1CNC(=O)c1cc(N2CCc3ccccc3C2)ncn1. The van der Waals surface area contributed by atoms with Crippen LogP contribution in [-0.4, -0.2) is 22.4 Å². The van der Waals surface area contributed by atoms with Crippen molar-refractivity contribution in [2.24, 2.45) is 0 Å². The zero-order valence-corrected chi connectivity index (χ0v) is 15.4. The van der Waals surface area contributed by atoms with Crippen molar-refractivity contribution in [3.8, 4) is 0 Å². The van der Waals surface area contributed by atoms with E-state index in [0.717, 1.165) is 36.5 Å². The number of fused-ring (bicyclic) bond motifs is 1. The fourth-order valence-electron chi connectivity index (χ4n) is 3.41. The summed E-state index contributed by atoms with van der Waals surface area (Å²) in [4.78, 5) is 23.3. The Morgan fingerprint density at radius 1 is 1.07 bits per heavy atom. The highest BCUT2D eigenvalue weighted by Crippen LogP contribution is 2.23. The Morgan fingerprint density at radius 3 is 2.70 bits per heavy atom. The van der Waals surface area contributed by atoms with Crippen molar-refractivity contribution < 1.29 is 4.79 Å². The van der Waals surface area contributed by atoms with E-state index in [1.807, 2.05) is 31.2 Å². The first-order chi connectivity index (χ1) is 13.2. The molecule has 136 valence electrons. The number of amides is 1. The summed E-state index contributed by atoms with van der Waals surface area (Å²) in [5.74, 6) is 0.611. The second-order valence-electron chi connectivity index (χ2n) is 6.81. The quantitative estimate of drug-likeness (QED) is 0.778. The molecule has 1 N–H and O–H groups in total. The monoisotopic (exact) mass is 358 g/mol. The maximum absolute atomic E-state index is 12.5. The second kappa shape index (κ2) is 7.58. The Morgan fingerprint density at radius 2 is 1.85 bits per heavy atom. The third kappa shape index (κ3) is 3.82. The summed E-state index contributed by atoms with van der Waals surface area (Å²) in [6, 6.07) is 18.3. The van der Waals surface area contributed by atoms with E-state index in [4.69, 9.17) is 0 Å². The van der Waals surface area contributed by atoms with Gasteiger partial charge in [-0.2, -0.15) is 0 Å². The number of carbonyl (C=O) groups excluding carboxylic acids is 1. The minimum Gasteiger partial charge on any atom is -0.352 e. The van der Waals surface area contributed by atoms with Gasteiger partial charge in [0.25, 0.3) is 5.91 Å². The lowest BCUT2D eigenvalue weighted by atomic mass is 10.00. The predicted octanol–water partition coefficient (Wildman–Crippen LogP) is 3.28. The van der Waals surface area contributed by atoms with Crippen LogP contribution in [-0.2, 0) is 19.5 Å². The summed E-state index contributed by atoms with van der Waals surface area (Å²) < 4.78 is 0. The van der Waals surface area contributed by atoms with Crippen LogP contribution in [0.5, 0.6) is 0 Å². The van der Waals surface area contributed by atoms with Gasteiger partial charge in [-0.15, -0.1) is 0 Å².